The average Bonchev–Trinajstić information content (AvgIpc) is 3.67. The molecule has 12 rings (SSSR count). The Bertz CT molecular complexity index is 3620. The average molecular weight is 780 g/mol. The van der Waals surface area contributed by atoms with E-state index in [0.717, 1.165) is 17.1 Å². The zero-order chi connectivity index (χ0) is 39.6. The SMILES string of the molecule is c1ccc(-c2ccc(N(c3cccc(-c4cccc(-c5cc6ccccc6c6ccccc56)c4)c3)c3ccc4sc5cc6ccccc6cc5c4c3)c3ccccc23)cc1. The molecule has 0 atom stereocenters. The maximum absolute atomic E-state index is 2.46. The Balaban J connectivity index is 1.05. The Kier molecular flexibility index (Phi) is 8.11. The lowest BCUT2D eigenvalue weighted by Crippen LogP contribution is -2.10. The molecule has 280 valence electrons. The maximum atomic E-state index is 2.46. The van der Waals surface area contributed by atoms with Crippen LogP contribution in [-0.2, 0) is 0 Å². The first-order valence-electron chi connectivity index (χ1n) is 20.6. The minimum atomic E-state index is 1.11. The van der Waals surface area contributed by atoms with E-state index >= 15 is 0 Å². The Hall–Kier alpha value is -7.52. The molecular weight excluding hydrogens is 743 g/mol. The van der Waals surface area contributed by atoms with Crippen LogP contribution in [0.15, 0.2) is 224 Å². The van der Waals surface area contributed by atoms with Crippen LogP contribution in [0.1, 0.15) is 0 Å². The van der Waals surface area contributed by atoms with Gasteiger partial charge in [0, 0.05) is 36.9 Å². The largest absolute Gasteiger partial charge is 0.310 e. The summed E-state index contributed by atoms with van der Waals surface area (Å²) in [6.07, 6.45) is 0. The molecule has 60 heavy (non-hydrogen) atoms. The minimum Gasteiger partial charge on any atom is -0.310 e. The molecule has 0 amide bonds. The molecule has 11 aromatic carbocycles. The molecule has 0 saturated heterocycles. The quantitative estimate of drug-likeness (QED) is 0.152. The van der Waals surface area contributed by atoms with Crippen molar-refractivity contribution >= 4 is 91.7 Å². The first-order chi connectivity index (χ1) is 29.7. The summed E-state index contributed by atoms with van der Waals surface area (Å²) in [7, 11) is 0. The minimum absolute atomic E-state index is 1.11. The van der Waals surface area contributed by atoms with Crippen molar-refractivity contribution < 1.29 is 0 Å². The summed E-state index contributed by atoms with van der Waals surface area (Å²) in [5, 5.41) is 12.6. The molecule has 2 heteroatoms. The smallest absolute Gasteiger partial charge is 0.0540 e. The number of hydrogen-bond donors (Lipinski definition) is 0. The molecule has 0 spiro atoms. The monoisotopic (exact) mass is 779 g/mol. The van der Waals surface area contributed by atoms with Crippen molar-refractivity contribution in [1.29, 1.82) is 0 Å². The third kappa shape index (κ3) is 5.76. The van der Waals surface area contributed by atoms with Gasteiger partial charge >= 0.3 is 0 Å². The fourth-order valence-corrected chi connectivity index (χ4v) is 10.5. The first kappa shape index (κ1) is 34.5. The normalized spacial score (nSPS) is 11.7. The van der Waals surface area contributed by atoms with Gasteiger partial charge in [-0.15, -0.1) is 11.3 Å². The summed E-state index contributed by atoms with van der Waals surface area (Å²) >= 11 is 1.87. The molecular formula is C58H37NS. The number of rotatable bonds is 6. The van der Waals surface area contributed by atoms with E-state index in [0.29, 0.717) is 0 Å². The summed E-state index contributed by atoms with van der Waals surface area (Å²) < 4.78 is 2.60. The second-order valence-electron chi connectivity index (χ2n) is 15.7. The Labute approximate surface area is 352 Å². The van der Waals surface area contributed by atoms with E-state index in [1.165, 1.54) is 96.6 Å². The molecule has 0 aliphatic rings. The van der Waals surface area contributed by atoms with Gasteiger partial charge in [0.1, 0.15) is 0 Å². The van der Waals surface area contributed by atoms with Gasteiger partial charge in [-0.1, -0.05) is 164 Å². The molecule has 1 heterocycles. The summed E-state index contributed by atoms with van der Waals surface area (Å²) in [4.78, 5) is 2.46. The maximum Gasteiger partial charge on any atom is 0.0540 e. The first-order valence-corrected chi connectivity index (χ1v) is 21.4. The van der Waals surface area contributed by atoms with Crippen molar-refractivity contribution in [3.63, 3.8) is 0 Å². The number of anilines is 3. The summed E-state index contributed by atoms with van der Waals surface area (Å²) in [5.41, 5.74) is 10.6. The van der Waals surface area contributed by atoms with Crippen LogP contribution in [0.5, 0.6) is 0 Å². The lowest BCUT2D eigenvalue weighted by Gasteiger charge is -2.28. The van der Waals surface area contributed by atoms with Crippen LogP contribution in [0.2, 0.25) is 0 Å². The van der Waals surface area contributed by atoms with Crippen molar-refractivity contribution in [2.75, 3.05) is 4.90 Å². The molecule has 0 saturated carbocycles. The highest BCUT2D eigenvalue weighted by molar-refractivity contribution is 7.25. The highest BCUT2D eigenvalue weighted by Crippen LogP contribution is 2.46. The highest BCUT2D eigenvalue weighted by atomic mass is 32.1. The summed E-state index contributed by atoms with van der Waals surface area (Å²) in [5.74, 6) is 0. The Morgan fingerprint density at radius 1 is 0.267 bits per heavy atom. The van der Waals surface area contributed by atoms with Gasteiger partial charge in [-0.2, -0.15) is 0 Å². The van der Waals surface area contributed by atoms with Crippen LogP contribution < -0.4 is 4.90 Å². The van der Waals surface area contributed by atoms with Crippen LogP contribution in [0.25, 0.3) is 96.6 Å². The van der Waals surface area contributed by atoms with Gasteiger partial charge in [-0.3, -0.25) is 0 Å². The number of hydrogen-bond acceptors (Lipinski definition) is 2. The number of fused-ring (bicyclic) bond motifs is 8. The number of thiophene rings is 1. The highest BCUT2D eigenvalue weighted by Gasteiger charge is 2.20. The van der Waals surface area contributed by atoms with Crippen molar-refractivity contribution in [1.82, 2.24) is 0 Å². The molecule has 1 nitrogen and oxygen atoms in total. The van der Waals surface area contributed by atoms with Crippen LogP contribution in [0.3, 0.4) is 0 Å². The van der Waals surface area contributed by atoms with E-state index in [4.69, 9.17) is 0 Å². The van der Waals surface area contributed by atoms with E-state index in [1.807, 2.05) is 11.3 Å². The zero-order valence-corrected chi connectivity index (χ0v) is 33.5. The van der Waals surface area contributed by atoms with Gasteiger partial charge in [0.05, 0.1) is 5.69 Å². The molecule has 0 aliphatic carbocycles. The lowest BCUT2D eigenvalue weighted by atomic mass is 9.92. The van der Waals surface area contributed by atoms with E-state index in [1.54, 1.807) is 0 Å². The van der Waals surface area contributed by atoms with Crippen molar-refractivity contribution in [2.24, 2.45) is 0 Å². The van der Waals surface area contributed by atoms with Gasteiger partial charge in [0.15, 0.2) is 0 Å². The fraction of sp³-hybridized carbons (Fsp3) is 0. The molecule has 0 bridgehead atoms. The molecule has 0 fully saturated rings. The Morgan fingerprint density at radius 3 is 1.67 bits per heavy atom. The van der Waals surface area contributed by atoms with E-state index in [-0.39, 0.29) is 0 Å². The van der Waals surface area contributed by atoms with Crippen molar-refractivity contribution in [3.05, 3.63) is 224 Å². The lowest BCUT2D eigenvalue weighted by molar-refractivity contribution is 1.30. The summed E-state index contributed by atoms with van der Waals surface area (Å²) in [6, 6.07) is 82.6. The van der Waals surface area contributed by atoms with Gasteiger partial charge in [-0.25, -0.2) is 0 Å². The molecule has 12 aromatic rings. The van der Waals surface area contributed by atoms with Gasteiger partial charge < -0.3 is 4.90 Å². The zero-order valence-electron chi connectivity index (χ0n) is 32.7. The van der Waals surface area contributed by atoms with Crippen molar-refractivity contribution in [3.8, 4) is 33.4 Å². The van der Waals surface area contributed by atoms with E-state index in [9.17, 15) is 0 Å². The third-order valence-corrected chi connectivity index (χ3v) is 13.3. The van der Waals surface area contributed by atoms with Crippen LogP contribution >= 0.6 is 11.3 Å². The molecule has 0 radical (unpaired) electrons. The number of nitrogens with zero attached hydrogens (tertiary/aromatic N) is 1. The predicted molar refractivity (Wildman–Crippen MR) is 260 cm³/mol. The standard InChI is InChI=1S/C58H37NS/c1-2-14-38(15-3-1)48-29-30-56(52-27-11-10-25-50(48)52)59(46-28-31-57-55(37-46)54-34-41-16-4-5-17-42(41)36-58(54)60-57)45-22-13-20-40(33-45)39-19-12-21-43(32-39)53-35-44-18-6-7-23-47(44)49-24-8-9-26-51(49)53/h1-37H. The second kappa shape index (κ2) is 14.1. The van der Waals surface area contributed by atoms with Gasteiger partial charge in [0.2, 0.25) is 0 Å². The Morgan fingerprint density at radius 2 is 0.850 bits per heavy atom. The second-order valence-corrected chi connectivity index (χ2v) is 16.8. The molecule has 0 unspecified atom stereocenters. The fourth-order valence-electron chi connectivity index (χ4n) is 9.35. The third-order valence-electron chi connectivity index (χ3n) is 12.2. The molecule has 0 N–H and O–H groups in total. The predicted octanol–water partition coefficient (Wildman–Crippen LogP) is 17.1. The van der Waals surface area contributed by atoms with Crippen LogP contribution in [0.4, 0.5) is 17.1 Å². The molecule has 0 aliphatic heterocycles. The van der Waals surface area contributed by atoms with Crippen LogP contribution in [-0.4, -0.2) is 0 Å². The van der Waals surface area contributed by atoms with Crippen LogP contribution in [0, 0.1) is 0 Å². The topological polar surface area (TPSA) is 3.24 Å². The van der Waals surface area contributed by atoms with E-state index < -0.39 is 0 Å². The van der Waals surface area contributed by atoms with E-state index in [2.05, 4.69) is 229 Å². The summed E-state index contributed by atoms with van der Waals surface area (Å²) in [6.45, 7) is 0. The molecule has 1 aromatic heterocycles. The van der Waals surface area contributed by atoms with Gasteiger partial charge in [0.25, 0.3) is 0 Å². The van der Waals surface area contributed by atoms with Gasteiger partial charge in [-0.05, 0) is 132 Å². The van der Waals surface area contributed by atoms with Crippen molar-refractivity contribution in [2.45, 2.75) is 0 Å². The number of benzene rings is 11.